The minimum absolute atomic E-state index is 0.188. The van der Waals surface area contributed by atoms with E-state index in [-0.39, 0.29) is 11.5 Å². The molecule has 24 heavy (non-hydrogen) atoms. The fourth-order valence-electron chi connectivity index (χ4n) is 2.57. The number of methoxy groups -OCH3 is 2. The van der Waals surface area contributed by atoms with Gasteiger partial charge in [0.1, 0.15) is 6.17 Å². The van der Waals surface area contributed by atoms with Crippen LogP contribution in [0.25, 0.3) is 0 Å². The van der Waals surface area contributed by atoms with Crippen molar-refractivity contribution in [2.24, 2.45) is 0 Å². The number of nitrogens with one attached hydrogen (secondary N) is 2. The summed E-state index contributed by atoms with van der Waals surface area (Å²) >= 11 is 0. The molecule has 1 atom stereocenters. The second kappa shape index (κ2) is 6.11. The Labute approximate surface area is 138 Å². The highest BCUT2D eigenvalue weighted by Gasteiger charge is 2.26. The third kappa shape index (κ3) is 2.71. The van der Waals surface area contributed by atoms with E-state index >= 15 is 0 Å². The average Bonchev–Trinajstić information content (AvgIpc) is 2.60. The Morgan fingerprint density at radius 3 is 2.25 bits per heavy atom. The summed E-state index contributed by atoms with van der Waals surface area (Å²) in [6.45, 7) is 0. The van der Waals surface area contributed by atoms with E-state index in [1.165, 1.54) is 26.4 Å². The summed E-state index contributed by atoms with van der Waals surface area (Å²) in [5.74, 6) is -0.266. The molecule has 0 spiro atoms. The molecule has 0 fully saturated rings. The Balaban J connectivity index is 1.93. The van der Waals surface area contributed by atoms with E-state index in [2.05, 4.69) is 10.6 Å². The summed E-state index contributed by atoms with van der Waals surface area (Å²) in [7, 11) is 3.03. The number of hydrogen-bond donors (Lipinski definition) is 3. The van der Waals surface area contributed by atoms with E-state index in [0.29, 0.717) is 22.7 Å². The number of aromatic carboxylic acids is 1. The third-order valence-corrected chi connectivity index (χ3v) is 3.83. The van der Waals surface area contributed by atoms with Gasteiger partial charge in [0.05, 0.1) is 31.0 Å². The number of hydrogen-bond acceptors (Lipinski definition) is 5. The molecule has 0 aliphatic carbocycles. The molecule has 3 rings (SSSR count). The molecule has 7 nitrogen and oxygen atoms in total. The minimum atomic E-state index is -0.996. The predicted molar refractivity (Wildman–Crippen MR) is 86.8 cm³/mol. The van der Waals surface area contributed by atoms with Crippen LogP contribution in [0.5, 0.6) is 11.5 Å². The van der Waals surface area contributed by atoms with Crippen LogP contribution >= 0.6 is 0 Å². The molecular formula is C17H16N2O5. The van der Waals surface area contributed by atoms with Gasteiger partial charge in [-0.15, -0.1) is 0 Å². The molecule has 3 N–H and O–H groups in total. The molecule has 1 heterocycles. The molecule has 0 saturated carbocycles. The van der Waals surface area contributed by atoms with E-state index in [4.69, 9.17) is 14.6 Å². The van der Waals surface area contributed by atoms with Gasteiger partial charge in [-0.3, -0.25) is 4.79 Å². The van der Waals surface area contributed by atoms with E-state index in [1.54, 1.807) is 24.3 Å². The zero-order valence-corrected chi connectivity index (χ0v) is 13.1. The molecule has 1 aliphatic rings. The van der Waals surface area contributed by atoms with Crippen molar-refractivity contribution in [1.29, 1.82) is 0 Å². The zero-order chi connectivity index (χ0) is 17.3. The Bertz CT molecular complexity index is 801. The second-order valence-electron chi connectivity index (χ2n) is 5.23. The molecule has 0 unspecified atom stereocenters. The normalized spacial score (nSPS) is 15.8. The molecule has 0 radical (unpaired) electrons. The maximum atomic E-state index is 12.4. The van der Waals surface area contributed by atoms with Crippen LogP contribution in [0.4, 0.5) is 5.69 Å². The SMILES string of the molecule is COc1cc2c(cc1OC)C(=O)N[C@@H](c1ccc(C(=O)O)cc1)N2. The first-order chi connectivity index (χ1) is 11.5. The molecule has 0 saturated heterocycles. The number of rotatable bonds is 4. The van der Waals surface area contributed by atoms with Gasteiger partial charge >= 0.3 is 5.97 Å². The maximum Gasteiger partial charge on any atom is 0.335 e. The van der Waals surface area contributed by atoms with Crippen molar-refractivity contribution in [3.63, 3.8) is 0 Å². The monoisotopic (exact) mass is 328 g/mol. The van der Waals surface area contributed by atoms with Crippen molar-refractivity contribution in [2.45, 2.75) is 6.17 Å². The number of carbonyl (C=O) groups excluding carboxylic acids is 1. The Morgan fingerprint density at radius 1 is 1.04 bits per heavy atom. The number of carboxylic acids is 1. The number of anilines is 1. The standard InChI is InChI=1S/C17H16N2O5/c1-23-13-7-11-12(8-14(13)24-2)18-15(19-16(11)20)9-3-5-10(6-4-9)17(21)22/h3-8,15,18H,1-2H3,(H,19,20)(H,21,22)/t15-/m0/s1. The molecule has 1 amide bonds. The van der Waals surface area contributed by atoms with Crippen molar-refractivity contribution in [3.8, 4) is 11.5 Å². The topological polar surface area (TPSA) is 96.9 Å². The molecule has 0 bridgehead atoms. The van der Waals surface area contributed by atoms with Crippen LogP contribution in [0, 0.1) is 0 Å². The van der Waals surface area contributed by atoms with Crippen LogP contribution in [-0.4, -0.2) is 31.2 Å². The third-order valence-electron chi connectivity index (χ3n) is 3.83. The number of fused-ring (bicyclic) bond motifs is 1. The summed E-state index contributed by atoms with van der Waals surface area (Å²) in [6, 6.07) is 9.62. The van der Waals surface area contributed by atoms with Gasteiger partial charge in [0.15, 0.2) is 11.5 Å². The predicted octanol–water partition coefficient (Wildman–Crippen LogP) is 2.26. The van der Waals surface area contributed by atoms with Crippen LogP contribution in [0.3, 0.4) is 0 Å². The van der Waals surface area contributed by atoms with Crippen LogP contribution in [0.1, 0.15) is 32.4 Å². The Kier molecular flexibility index (Phi) is 3.99. The van der Waals surface area contributed by atoms with E-state index in [9.17, 15) is 9.59 Å². The zero-order valence-electron chi connectivity index (χ0n) is 13.1. The number of carboxylic acid groups (broad SMARTS) is 1. The lowest BCUT2D eigenvalue weighted by Crippen LogP contribution is -2.38. The number of carbonyl (C=O) groups is 2. The van der Waals surface area contributed by atoms with Gasteiger partial charge < -0.3 is 25.2 Å². The lowest BCUT2D eigenvalue weighted by molar-refractivity contribution is 0.0696. The van der Waals surface area contributed by atoms with E-state index < -0.39 is 12.1 Å². The number of amides is 1. The summed E-state index contributed by atoms with van der Waals surface area (Å²) in [5, 5.41) is 15.0. The lowest BCUT2D eigenvalue weighted by atomic mass is 10.0. The van der Waals surface area contributed by atoms with Gasteiger partial charge in [-0.05, 0) is 23.8 Å². The fraction of sp³-hybridized carbons (Fsp3) is 0.176. The van der Waals surface area contributed by atoms with Crippen LogP contribution < -0.4 is 20.1 Å². The molecule has 0 aromatic heterocycles. The number of benzene rings is 2. The summed E-state index contributed by atoms with van der Waals surface area (Å²) < 4.78 is 10.5. The van der Waals surface area contributed by atoms with Gasteiger partial charge in [0, 0.05) is 6.07 Å². The Hall–Kier alpha value is -3.22. The van der Waals surface area contributed by atoms with Crippen molar-refractivity contribution in [2.75, 3.05) is 19.5 Å². The Morgan fingerprint density at radius 2 is 1.67 bits per heavy atom. The lowest BCUT2D eigenvalue weighted by Gasteiger charge is -2.29. The van der Waals surface area contributed by atoms with Gasteiger partial charge in [0.25, 0.3) is 5.91 Å². The maximum absolute atomic E-state index is 12.4. The van der Waals surface area contributed by atoms with E-state index in [0.717, 1.165) is 5.56 Å². The first kappa shape index (κ1) is 15.7. The summed E-state index contributed by atoms with van der Waals surface area (Å²) in [4.78, 5) is 23.3. The van der Waals surface area contributed by atoms with Crippen LogP contribution in [0.2, 0.25) is 0 Å². The molecule has 1 aliphatic heterocycles. The fourth-order valence-corrected chi connectivity index (χ4v) is 2.57. The average molecular weight is 328 g/mol. The summed E-state index contributed by atoms with van der Waals surface area (Å²) in [5.41, 5.74) is 2.00. The first-order valence-corrected chi connectivity index (χ1v) is 7.20. The van der Waals surface area contributed by atoms with Crippen LogP contribution in [-0.2, 0) is 0 Å². The molecule has 2 aromatic rings. The highest BCUT2D eigenvalue weighted by molar-refractivity contribution is 6.02. The minimum Gasteiger partial charge on any atom is -0.493 e. The largest absolute Gasteiger partial charge is 0.493 e. The van der Waals surface area contributed by atoms with Gasteiger partial charge in [-0.2, -0.15) is 0 Å². The first-order valence-electron chi connectivity index (χ1n) is 7.20. The number of ether oxygens (including phenoxy) is 2. The van der Waals surface area contributed by atoms with Gasteiger partial charge in [0.2, 0.25) is 0 Å². The highest BCUT2D eigenvalue weighted by Crippen LogP contribution is 2.36. The van der Waals surface area contributed by atoms with E-state index in [1.807, 2.05) is 0 Å². The van der Waals surface area contributed by atoms with Crippen molar-refractivity contribution >= 4 is 17.6 Å². The van der Waals surface area contributed by atoms with Gasteiger partial charge in [-0.25, -0.2) is 4.79 Å². The smallest absolute Gasteiger partial charge is 0.335 e. The summed E-state index contributed by atoms with van der Waals surface area (Å²) in [6.07, 6.45) is -0.467. The van der Waals surface area contributed by atoms with Crippen molar-refractivity contribution in [1.82, 2.24) is 5.32 Å². The molecule has 2 aromatic carbocycles. The highest BCUT2D eigenvalue weighted by atomic mass is 16.5. The molecule has 7 heteroatoms. The van der Waals surface area contributed by atoms with Crippen molar-refractivity contribution in [3.05, 3.63) is 53.1 Å². The van der Waals surface area contributed by atoms with Crippen molar-refractivity contribution < 1.29 is 24.2 Å². The quantitative estimate of drug-likeness (QED) is 0.796. The molecule has 124 valence electrons. The molecular weight excluding hydrogens is 312 g/mol. The second-order valence-corrected chi connectivity index (χ2v) is 5.23. The van der Waals surface area contributed by atoms with Crippen LogP contribution in [0.15, 0.2) is 36.4 Å². The van der Waals surface area contributed by atoms with Gasteiger partial charge in [-0.1, -0.05) is 12.1 Å².